The summed E-state index contributed by atoms with van der Waals surface area (Å²) in [5.41, 5.74) is 18.8. The summed E-state index contributed by atoms with van der Waals surface area (Å²) in [7, 11) is 0. The van der Waals surface area contributed by atoms with Gasteiger partial charge in [-0.2, -0.15) is 0 Å². The molecule has 0 saturated carbocycles. The van der Waals surface area contributed by atoms with Crippen LogP contribution in [0.1, 0.15) is 0 Å². The van der Waals surface area contributed by atoms with E-state index in [-0.39, 0.29) is 0 Å². The molecule has 16 rings (SSSR count). The molecule has 76 heavy (non-hydrogen) atoms. The van der Waals surface area contributed by atoms with Crippen molar-refractivity contribution in [2.45, 2.75) is 0 Å². The molecule has 0 amide bonds. The maximum Gasteiger partial charge on any atom is 0.160 e. The fourth-order valence-corrected chi connectivity index (χ4v) is 11.9. The molecule has 0 atom stereocenters. The molecule has 354 valence electrons. The number of hydrogen-bond acceptors (Lipinski definition) is 4. The van der Waals surface area contributed by atoms with Gasteiger partial charge >= 0.3 is 0 Å². The van der Waals surface area contributed by atoms with E-state index in [1.54, 1.807) is 0 Å². The Morgan fingerprint density at radius 3 is 1.16 bits per heavy atom. The Balaban J connectivity index is 0.948. The summed E-state index contributed by atoms with van der Waals surface area (Å²) >= 11 is 0. The van der Waals surface area contributed by atoms with Crippen LogP contribution < -0.4 is 0 Å². The first-order valence-electron chi connectivity index (χ1n) is 25.7. The van der Waals surface area contributed by atoms with Crippen LogP contribution in [0.5, 0.6) is 0 Å². The molecule has 0 aliphatic carbocycles. The van der Waals surface area contributed by atoms with Crippen LogP contribution in [-0.2, 0) is 0 Å². The first-order chi connectivity index (χ1) is 37.7. The van der Waals surface area contributed by atoms with E-state index in [2.05, 4.69) is 228 Å². The summed E-state index contributed by atoms with van der Waals surface area (Å²) in [4.78, 5) is 10.8. The van der Waals surface area contributed by atoms with Gasteiger partial charge in [0.1, 0.15) is 22.3 Å². The predicted molar refractivity (Wildman–Crippen MR) is 312 cm³/mol. The normalized spacial score (nSPS) is 11.9. The molecule has 0 bridgehead atoms. The fraction of sp³-hybridized carbons (Fsp3) is 0. The van der Waals surface area contributed by atoms with Crippen molar-refractivity contribution in [3.05, 3.63) is 255 Å². The van der Waals surface area contributed by atoms with Gasteiger partial charge < -0.3 is 18.0 Å². The summed E-state index contributed by atoms with van der Waals surface area (Å²) in [6, 6.07) is 90.4. The summed E-state index contributed by atoms with van der Waals surface area (Å²) in [6.07, 6.45) is 0. The van der Waals surface area contributed by atoms with Gasteiger partial charge in [-0.15, -0.1) is 0 Å². The van der Waals surface area contributed by atoms with E-state index >= 15 is 0 Å². The van der Waals surface area contributed by atoms with E-state index in [0.29, 0.717) is 5.82 Å². The van der Waals surface area contributed by atoms with Gasteiger partial charge in [0.15, 0.2) is 5.82 Å². The van der Waals surface area contributed by atoms with Crippen LogP contribution in [0.3, 0.4) is 0 Å². The van der Waals surface area contributed by atoms with Crippen LogP contribution in [0.15, 0.2) is 264 Å². The number of aromatic nitrogens is 4. The summed E-state index contributed by atoms with van der Waals surface area (Å²) < 4.78 is 18.0. The average molecular weight is 971 g/mol. The zero-order valence-electron chi connectivity index (χ0n) is 40.9. The molecule has 0 aliphatic rings. The van der Waals surface area contributed by atoms with E-state index in [0.717, 1.165) is 149 Å². The minimum atomic E-state index is 0.632. The second-order valence-electron chi connectivity index (χ2n) is 19.7. The lowest BCUT2D eigenvalue weighted by molar-refractivity contribution is 0.669. The zero-order valence-corrected chi connectivity index (χ0v) is 40.9. The predicted octanol–water partition coefficient (Wildman–Crippen LogP) is 18.8. The molecular weight excluding hydrogens is 929 g/mol. The maximum absolute atomic E-state index is 6.58. The first-order valence-corrected chi connectivity index (χ1v) is 25.7. The van der Waals surface area contributed by atoms with Gasteiger partial charge in [-0.3, -0.25) is 0 Å². The van der Waals surface area contributed by atoms with Crippen LogP contribution in [-0.4, -0.2) is 19.1 Å². The highest BCUT2D eigenvalue weighted by molar-refractivity contribution is 6.15. The molecule has 0 radical (unpaired) electrons. The van der Waals surface area contributed by atoms with Crippen molar-refractivity contribution >= 4 is 87.5 Å². The molecule has 5 heterocycles. The third-order valence-corrected chi connectivity index (χ3v) is 15.3. The lowest BCUT2D eigenvalue weighted by Gasteiger charge is -2.16. The summed E-state index contributed by atoms with van der Waals surface area (Å²) in [5, 5.41) is 9.05. The minimum Gasteiger partial charge on any atom is -0.455 e. The third kappa shape index (κ3) is 6.54. The number of benzene rings is 11. The number of nitrogens with zero attached hydrogens (tertiary/aromatic N) is 4. The molecule has 16 aromatic rings. The Labute approximate surface area is 435 Å². The van der Waals surface area contributed by atoms with E-state index in [9.17, 15) is 0 Å². The Morgan fingerprint density at radius 1 is 0.263 bits per heavy atom. The van der Waals surface area contributed by atoms with Gasteiger partial charge in [-0.05, 0) is 83.9 Å². The zero-order chi connectivity index (χ0) is 49.8. The average Bonchev–Trinajstić information content (AvgIpc) is 4.31. The van der Waals surface area contributed by atoms with Crippen molar-refractivity contribution in [3.63, 3.8) is 0 Å². The van der Waals surface area contributed by atoms with Gasteiger partial charge in [0.25, 0.3) is 0 Å². The van der Waals surface area contributed by atoms with Crippen molar-refractivity contribution in [3.8, 4) is 67.5 Å². The Morgan fingerprint density at radius 2 is 0.671 bits per heavy atom. The fourth-order valence-electron chi connectivity index (χ4n) is 11.9. The number of hydrogen-bond donors (Lipinski definition) is 0. The van der Waals surface area contributed by atoms with Crippen molar-refractivity contribution in [2.75, 3.05) is 0 Å². The number of rotatable bonds is 7. The summed E-state index contributed by atoms with van der Waals surface area (Å²) in [6.45, 7) is 0. The summed E-state index contributed by atoms with van der Waals surface area (Å²) in [5.74, 6) is 0.632. The van der Waals surface area contributed by atoms with Crippen molar-refractivity contribution in [2.24, 2.45) is 0 Å². The number of para-hydroxylation sites is 6. The lowest BCUT2D eigenvalue weighted by Crippen LogP contribution is -2.02. The second kappa shape index (κ2) is 16.6. The monoisotopic (exact) mass is 970 g/mol. The molecule has 6 nitrogen and oxygen atoms in total. The maximum atomic E-state index is 6.58. The minimum absolute atomic E-state index is 0.632. The standard InChI is InChI=1S/C70H42N4O2/c1-3-17-43(18-4-1)60-42-61(44-19-5-2-6-20-44)72-70(71-60)47-37-48(73-62-29-11-7-21-52(62)58-39-45(33-35-64(58)73)50-25-15-27-56-54-23-9-13-31-66(54)75-68(50)56)41-49(38-47)74-63-30-12-8-22-53(63)59-40-46(34-36-65(59)74)51-26-16-28-57-55-24-10-14-32-67(55)76-69(51)57/h1-42H. The van der Waals surface area contributed by atoms with Crippen LogP contribution >= 0.6 is 0 Å². The smallest absolute Gasteiger partial charge is 0.160 e. The van der Waals surface area contributed by atoms with Crippen molar-refractivity contribution in [1.29, 1.82) is 0 Å². The topological polar surface area (TPSA) is 61.9 Å². The Kier molecular flexibility index (Phi) is 9.23. The molecule has 0 unspecified atom stereocenters. The largest absolute Gasteiger partial charge is 0.455 e. The van der Waals surface area contributed by atoms with Crippen LogP contribution in [0.2, 0.25) is 0 Å². The molecule has 11 aromatic carbocycles. The van der Waals surface area contributed by atoms with Crippen LogP contribution in [0, 0.1) is 0 Å². The molecule has 5 aromatic heterocycles. The number of fused-ring (bicyclic) bond motifs is 12. The van der Waals surface area contributed by atoms with Crippen molar-refractivity contribution in [1.82, 2.24) is 19.1 Å². The Bertz CT molecular complexity index is 4690. The van der Waals surface area contributed by atoms with E-state index in [4.69, 9.17) is 18.8 Å². The number of furan rings is 2. The van der Waals surface area contributed by atoms with Crippen LogP contribution in [0.25, 0.3) is 155 Å². The Hall–Kier alpha value is -10.3. The highest BCUT2D eigenvalue weighted by Crippen LogP contribution is 2.43. The van der Waals surface area contributed by atoms with Crippen molar-refractivity contribution < 1.29 is 8.83 Å². The van der Waals surface area contributed by atoms with Gasteiger partial charge in [0.2, 0.25) is 0 Å². The third-order valence-electron chi connectivity index (χ3n) is 15.3. The van der Waals surface area contributed by atoms with E-state index in [1.165, 1.54) is 0 Å². The van der Waals surface area contributed by atoms with E-state index in [1.807, 2.05) is 36.4 Å². The van der Waals surface area contributed by atoms with Crippen LogP contribution in [0.4, 0.5) is 0 Å². The highest BCUT2D eigenvalue weighted by atomic mass is 16.3. The van der Waals surface area contributed by atoms with E-state index < -0.39 is 0 Å². The quantitative estimate of drug-likeness (QED) is 0.160. The SMILES string of the molecule is c1ccc(-c2cc(-c3ccccc3)nc(-c3cc(-n4c5ccccc5c5cc(-c6cccc7c6oc6ccccc67)ccc54)cc(-n4c5ccccc5c5cc(-c6cccc7c6oc6ccccc67)ccc54)c3)n2)cc1. The van der Waals surface area contributed by atoms with Gasteiger partial charge in [-0.1, -0.05) is 182 Å². The molecular formula is C70H42N4O2. The molecule has 0 spiro atoms. The molecule has 0 N–H and O–H groups in total. The lowest BCUT2D eigenvalue weighted by atomic mass is 10.0. The first kappa shape index (κ1) is 42.2. The molecule has 0 saturated heterocycles. The second-order valence-corrected chi connectivity index (χ2v) is 19.7. The van der Waals surface area contributed by atoms with Gasteiger partial charge in [0.05, 0.1) is 33.5 Å². The van der Waals surface area contributed by atoms with Gasteiger partial charge in [0, 0.05) is 82.3 Å². The highest BCUT2D eigenvalue weighted by Gasteiger charge is 2.22. The molecule has 0 aliphatic heterocycles. The molecule has 6 heteroatoms. The molecule has 0 fully saturated rings. The van der Waals surface area contributed by atoms with Gasteiger partial charge in [-0.25, -0.2) is 9.97 Å².